The van der Waals surface area contributed by atoms with Crippen molar-refractivity contribution in [2.24, 2.45) is 0 Å². The Kier molecular flexibility index (Phi) is 4.72. The molecular formula is C15H12Cl3F. The second-order valence-corrected chi connectivity index (χ2v) is 5.77. The zero-order valence-corrected chi connectivity index (χ0v) is 12.5. The van der Waals surface area contributed by atoms with Crippen molar-refractivity contribution in [3.63, 3.8) is 0 Å². The molecule has 0 saturated carbocycles. The summed E-state index contributed by atoms with van der Waals surface area (Å²) in [5, 5.41) is 0.711. The molecule has 0 aliphatic heterocycles. The summed E-state index contributed by atoms with van der Waals surface area (Å²) in [6.07, 6.45) is 0.570. The quantitative estimate of drug-likeness (QED) is 0.612. The number of hydrogen-bond acceptors (Lipinski definition) is 0. The highest BCUT2D eigenvalue weighted by Gasteiger charge is 2.11. The van der Waals surface area contributed by atoms with E-state index in [1.54, 1.807) is 25.1 Å². The Bertz CT molecular complexity index is 596. The highest BCUT2D eigenvalue weighted by molar-refractivity contribution is 6.42. The minimum atomic E-state index is -0.299. The summed E-state index contributed by atoms with van der Waals surface area (Å²) in [5.41, 5.74) is 2.34. The number of aryl methyl sites for hydroxylation is 1. The smallest absolute Gasteiger partial charge is 0.126 e. The topological polar surface area (TPSA) is 0 Å². The fourth-order valence-electron chi connectivity index (χ4n) is 1.80. The molecule has 1 unspecified atom stereocenters. The standard InChI is InChI=1S/C15H12Cl3F/c1-9-2-4-11(8-15(9)19)13(17)6-10-3-5-12(16)14(18)7-10/h2-5,7-8,13H,6H2,1H3. The summed E-state index contributed by atoms with van der Waals surface area (Å²) >= 11 is 18.1. The summed E-state index contributed by atoms with van der Waals surface area (Å²) < 4.78 is 13.5. The van der Waals surface area contributed by atoms with E-state index in [4.69, 9.17) is 34.8 Å². The molecule has 100 valence electrons. The van der Waals surface area contributed by atoms with Gasteiger partial charge in [-0.1, -0.05) is 41.4 Å². The van der Waals surface area contributed by atoms with Crippen molar-refractivity contribution in [2.45, 2.75) is 18.7 Å². The van der Waals surface area contributed by atoms with Crippen LogP contribution in [0.5, 0.6) is 0 Å². The van der Waals surface area contributed by atoms with Crippen LogP contribution in [-0.4, -0.2) is 0 Å². The highest BCUT2D eigenvalue weighted by atomic mass is 35.5. The molecule has 0 heterocycles. The summed E-state index contributed by atoms with van der Waals surface area (Å²) in [4.78, 5) is 0. The van der Waals surface area contributed by atoms with Crippen molar-refractivity contribution >= 4 is 34.8 Å². The van der Waals surface area contributed by atoms with Gasteiger partial charge in [0.05, 0.1) is 15.4 Å². The zero-order chi connectivity index (χ0) is 14.0. The van der Waals surface area contributed by atoms with Crippen LogP contribution in [0.2, 0.25) is 10.0 Å². The summed E-state index contributed by atoms with van der Waals surface area (Å²) in [7, 11) is 0. The van der Waals surface area contributed by atoms with Gasteiger partial charge in [0.15, 0.2) is 0 Å². The molecule has 1 atom stereocenters. The molecule has 2 aromatic rings. The van der Waals surface area contributed by atoms with E-state index in [1.807, 2.05) is 12.1 Å². The molecular weight excluding hydrogens is 306 g/mol. The van der Waals surface area contributed by atoms with Gasteiger partial charge >= 0.3 is 0 Å². The van der Waals surface area contributed by atoms with Gasteiger partial charge in [-0.2, -0.15) is 0 Å². The van der Waals surface area contributed by atoms with E-state index < -0.39 is 0 Å². The van der Waals surface area contributed by atoms with Crippen molar-refractivity contribution in [1.82, 2.24) is 0 Å². The molecule has 0 amide bonds. The summed E-state index contributed by atoms with van der Waals surface area (Å²) in [5.74, 6) is -0.239. The van der Waals surface area contributed by atoms with E-state index >= 15 is 0 Å². The minimum Gasteiger partial charge on any atom is -0.207 e. The molecule has 0 aliphatic carbocycles. The number of alkyl halides is 1. The molecule has 0 bridgehead atoms. The lowest BCUT2D eigenvalue weighted by Gasteiger charge is -2.11. The average Bonchev–Trinajstić information content (AvgIpc) is 2.37. The lowest BCUT2D eigenvalue weighted by molar-refractivity contribution is 0.615. The largest absolute Gasteiger partial charge is 0.207 e. The maximum Gasteiger partial charge on any atom is 0.126 e. The molecule has 0 saturated heterocycles. The van der Waals surface area contributed by atoms with Crippen LogP contribution in [0.3, 0.4) is 0 Å². The predicted molar refractivity (Wildman–Crippen MR) is 79.9 cm³/mol. The Balaban J connectivity index is 2.17. The first-order valence-electron chi connectivity index (χ1n) is 5.81. The Labute approximate surface area is 127 Å². The molecule has 0 nitrogen and oxygen atoms in total. The van der Waals surface area contributed by atoms with E-state index in [9.17, 15) is 4.39 Å². The number of benzene rings is 2. The molecule has 2 rings (SSSR count). The third-order valence-corrected chi connectivity index (χ3v) is 4.10. The maximum absolute atomic E-state index is 13.5. The van der Waals surface area contributed by atoms with Crippen molar-refractivity contribution in [3.05, 3.63) is 69.0 Å². The SMILES string of the molecule is Cc1ccc(C(Cl)Cc2ccc(Cl)c(Cl)c2)cc1F. The van der Waals surface area contributed by atoms with Crippen LogP contribution in [0.15, 0.2) is 36.4 Å². The molecule has 0 radical (unpaired) electrons. The third kappa shape index (κ3) is 3.62. The first kappa shape index (κ1) is 14.6. The van der Waals surface area contributed by atoms with Crippen molar-refractivity contribution in [2.75, 3.05) is 0 Å². The van der Waals surface area contributed by atoms with Crippen molar-refractivity contribution in [1.29, 1.82) is 0 Å². The number of halogens is 4. The van der Waals surface area contributed by atoms with Crippen LogP contribution in [0.4, 0.5) is 4.39 Å². The van der Waals surface area contributed by atoms with Crippen LogP contribution in [0.25, 0.3) is 0 Å². The fraction of sp³-hybridized carbons (Fsp3) is 0.200. The van der Waals surface area contributed by atoms with Crippen LogP contribution < -0.4 is 0 Å². The second kappa shape index (κ2) is 6.13. The van der Waals surface area contributed by atoms with Gasteiger partial charge in [0.2, 0.25) is 0 Å². The molecule has 4 heteroatoms. The molecule has 0 N–H and O–H groups in total. The molecule has 0 spiro atoms. The predicted octanol–water partition coefficient (Wildman–Crippen LogP) is 5.96. The van der Waals surface area contributed by atoms with E-state index in [0.29, 0.717) is 22.0 Å². The molecule has 0 aliphatic rings. The van der Waals surface area contributed by atoms with E-state index in [2.05, 4.69) is 0 Å². The fourth-order valence-corrected chi connectivity index (χ4v) is 2.43. The van der Waals surface area contributed by atoms with Gasteiger partial charge in [0.1, 0.15) is 5.82 Å². The van der Waals surface area contributed by atoms with Crippen LogP contribution in [0.1, 0.15) is 22.1 Å². The maximum atomic E-state index is 13.5. The van der Waals surface area contributed by atoms with E-state index in [1.165, 1.54) is 6.07 Å². The van der Waals surface area contributed by atoms with Crippen LogP contribution >= 0.6 is 34.8 Å². The van der Waals surface area contributed by atoms with E-state index in [0.717, 1.165) is 11.1 Å². The van der Waals surface area contributed by atoms with Gasteiger partial charge < -0.3 is 0 Å². The lowest BCUT2D eigenvalue weighted by atomic mass is 10.0. The Morgan fingerprint density at radius 2 is 1.79 bits per heavy atom. The molecule has 19 heavy (non-hydrogen) atoms. The van der Waals surface area contributed by atoms with Gasteiger partial charge in [0, 0.05) is 0 Å². The number of rotatable bonds is 3. The zero-order valence-electron chi connectivity index (χ0n) is 10.3. The highest BCUT2D eigenvalue weighted by Crippen LogP contribution is 2.29. The second-order valence-electron chi connectivity index (χ2n) is 4.43. The summed E-state index contributed by atoms with van der Waals surface area (Å²) in [6.45, 7) is 1.72. The number of hydrogen-bond donors (Lipinski definition) is 0. The molecule has 0 fully saturated rings. The Morgan fingerprint density at radius 1 is 1.05 bits per heavy atom. The van der Waals surface area contributed by atoms with Crippen molar-refractivity contribution < 1.29 is 4.39 Å². The van der Waals surface area contributed by atoms with Crippen molar-refractivity contribution in [3.8, 4) is 0 Å². The monoisotopic (exact) mass is 316 g/mol. The first-order chi connectivity index (χ1) is 8.97. The van der Waals surface area contributed by atoms with Gasteiger partial charge in [0.25, 0.3) is 0 Å². The normalized spacial score (nSPS) is 12.5. The van der Waals surface area contributed by atoms with E-state index in [-0.39, 0.29) is 11.2 Å². The van der Waals surface area contributed by atoms with Crippen LogP contribution in [-0.2, 0) is 6.42 Å². The van der Waals surface area contributed by atoms with Gasteiger partial charge in [-0.3, -0.25) is 0 Å². The Hall–Kier alpha value is -0.760. The third-order valence-electron chi connectivity index (χ3n) is 2.96. The Morgan fingerprint density at radius 3 is 2.42 bits per heavy atom. The first-order valence-corrected chi connectivity index (χ1v) is 7.00. The lowest BCUT2D eigenvalue weighted by Crippen LogP contribution is -1.97. The minimum absolute atomic E-state index is 0.239. The average molecular weight is 318 g/mol. The molecule has 2 aromatic carbocycles. The van der Waals surface area contributed by atoms with Gasteiger partial charge in [-0.25, -0.2) is 4.39 Å². The van der Waals surface area contributed by atoms with Gasteiger partial charge in [-0.05, 0) is 48.2 Å². The van der Waals surface area contributed by atoms with Crippen LogP contribution in [0, 0.1) is 12.7 Å². The van der Waals surface area contributed by atoms with Gasteiger partial charge in [-0.15, -0.1) is 11.6 Å². The summed E-state index contributed by atoms with van der Waals surface area (Å²) in [6, 6.07) is 10.4. The molecule has 0 aromatic heterocycles.